The third-order valence-electron chi connectivity index (χ3n) is 4.49. The minimum absolute atomic E-state index is 0.0617. The lowest BCUT2D eigenvalue weighted by atomic mass is 9.79. The van der Waals surface area contributed by atoms with Crippen molar-refractivity contribution in [2.75, 3.05) is 20.3 Å². The van der Waals surface area contributed by atoms with Gasteiger partial charge in [-0.25, -0.2) is 0 Å². The predicted molar refractivity (Wildman–Crippen MR) is 68.5 cm³/mol. The number of hydrogen-bond acceptors (Lipinski definition) is 4. The number of rotatable bonds is 1. The first-order valence-electron chi connectivity index (χ1n) is 6.85. The zero-order valence-corrected chi connectivity index (χ0v) is 11.6. The third-order valence-corrected chi connectivity index (χ3v) is 4.49. The summed E-state index contributed by atoms with van der Waals surface area (Å²) in [6, 6.07) is 2.38. The number of halogens is 3. The molecule has 0 radical (unpaired) electrons. The van der Waals surface area contributed by atoms with E-state index in [1.165, 1.54) is 6.07 Å². The zero-order chi connectivity index (χ0) is 15.3. The normalized spacial score (nSPS) is 34.0. The van der Waals surface area contributed by atoms with Crippen LogP contribution >= 0.6 is 0 Å². The molecular weight excluding hydrogens is 285 g/mol. The molecule has 2 aliphatic heterocycles. The van der Waals surface area contributed by atoms with Gasteiger partial charge in [-0.15, -0.1) is 0 Å². The fourth-order valence-electron chi connectivity index (χ4n) is 3.19. The zero-order valence-electron chi connectivity index (χ0n) is 11.6. The van der Waals surface area contributed by atoms with E-state index in [1.54, 1.807) is 0 Å². The highest BCUT2D eigenvalue weighted by molar-refractivity contribution is 5.22. The molecule has 2 aliphatic rings. The summed E-state index contributed by atoms with van der Waals surface area (Å²) < 4.78 is 43.2. The van der Waals surface area contributed by atoms with Gasteiger partial charge in [0.15, 0.2) is 0 Å². The lowest BCUT2D eigenvalue weighted by molar-refractivity contribution is -0.141. The molecule has 4 nitrogen and oxygen atoms in total. The second-order valence-corrected chi connectivity index (χ2v) is 5.88. The molecular formula is C14H17F3N2O2. The third kappa shape index (κ3) is 2.65. The molecule has 0 amide bonds. The Morgan fingerprint density at radius 2 is 1.90 bits per heavy atom. The number of aromatic nitrogens is 1. The second kappa shape index (κ2) is 4.93. The van der Waals surface area contributed by atoms with Crippen LogP contribution in [0, 0.1) is 0 Å². The van der Waals surface area contributed by atoms with E-state index in [2.05, 4.69) is 9.88 Å². The van der Waals surface area contributed by atoms with Gasteiger partial charge in [0.05, 0.1) is 24.5 Å². The summed E-state index contributed by atoms with van der Waals surface area (Å²) in [4.78, 5) is 6.03. The standard InChI is InChI=1S/C14H17F3N2O2/c1-19-10-4-13(20,5-11(19)8-21-7-10)12-3-2-9(6-18-12)14(15,16)17/h2-3,6,10-11,20H,4-5,7-8H2,1H3. The van der Waals surface area contributed by atoms with E-state index in [1.807, 2.05) is 7.05 Å². The Morgan fingerprint density at radius 1 is 1.29 bits per heavy atom. The van der Waals surface area contributed by atoms with Gasteiger partial charge in [-0.2, -0.15) is 13.2 Å². The SMILES string of the molecule is CN1C2COCC1CC(O)(c1ccc(C(F)(F)F)cn1)C2. The van der Waals surface area contributed by atoms with Crippen LogP contribution in [0.3, 0.4) is 0 Å². The van der Waals surface area contributed by atoms with Crippen molar-refractivity contribution in [1.29, 1.82) is 0 Å². The van der Waals surface area contributed by atoms with E-state index < -0.39 is 17.3 Å². The molecule has 116 valence electrons. The maximum absolute atomic E-state index is 12.6. The number of piperidine rings is 1. The molecule has 0 saturated carbocycles. The Hall–Kier alpha value is -1.18. The lowest BCUT2D eigenvalue weighted by Crippen LogP contribution is -2.59. The average Bonchev–Trinajstić information content (AvgIpc) is 2.40. The van der Waals surface area contributed by atoms with Crippen molar-refractivity contribution in [3.05, 3.63) is 29.6 Å². The lowest BCUT2D eigenvalue weighted by Gasteiger charge is -2.49. The Balaban J connectivity index is 1.86. The minimum Gasteiger partial charge on any atom is -0.383 e. The molecule has 0 aromatic carbocycles. The summed E-state index contributed by atoms with van der Waals surface area (Å²) >= 11 is 0. The number of fused-ring (bicyclic) bond motifs is 2. The van der Waals surface area contributed by atoms with Crippen LogP contribution in [0.25, 0.3) is 0 Å². The fraction of sp³-hybridized carbons (Fsp3) is 0.643. The molecule has 2 atom stereocenters. The van der Waals surface area contributed by atoms with E-state index in [9.17, 15) is 18.3 Å². The van der Waals surface area contributed by atoms with Gasteiger partial charge in [-0.1, -0.05) is 0 Å². The summed E-state index contributed by atoms with van der Waals surface area (Å²) in [7, 11) is 1.98. The molecule has 0 spiro atoms. The fourth-order valence-corrected chi connectivity index (χ4v) is 3.19. The van der Waals surface area contributed by atoms with Crippen molar-refractivity contribution in [3.8, 4) is 0 Å². The molecule has 21 heavy (non-hydrogen) atoms. The highest BCUT2D eigenvalue weighted by Gasteiger charge is 2.46. The molecule has 1 aromatic rings. The number of pyridine rings is 1. The summed E-state index contributed by atoms with van der Waals surface area (Å²) in [5.41, 5.74) is -1.68. The van der Waals surface area contributed by atoms with Crippen LogP contribution in [-0.4, -0.2) is 47.3 Å². The number of likely N-dealkylation sites (N-methyl/N-ethyl adjacent to an activating group) is 1. The van der Waals surface area contributed by atoms with Crippen molar-refractivity contribution in [2.24, 2.45) is 0 Å². The molecule has 1 N–H and O–H groups in total. The molecule has 2 bridgehead atoms. The van der Waals surface area contributed by atoms with Gasteiger partial charge in [-0.05, 0) is 32.0 Å². The van der Waals surface area contributed by atoms with Crippen molar-refractivity contribution in [3.63, 3.8) is 0 Å². The monoisotopic (exact) mass is 302 g/mol. The molecule has 1 aromatic heterocycles. The van der Waals surface area contributed by atoms with Crippen molar-refractivity contribution in [1.82, 2.24) is 9.88 Å². The number of nitrogens with zero attached hydrogens (tertiary/aromatic N) is 2. The van der Waals surface area contributed by atoms with Crippen molar-refractivity contribution < 1.29 is 23.0 Å². The summed E-state index contributed by atoms with van der Waals surface area (Å²) in [6.07, 6.45) is -2.79. The molecule has 0 aliphatic carbocycles. The van der Waals surface area contributed by atoms with Crippen LogP contribution in [0.4, 0.5) is 13.2 Å². The quantitative estimate of drug-likeness (QED) is 0.859. The molecule has 2 saturated heterocycles. The van der Waals surface area contributed by atoms with Crippen LogP contribution in [0.5, 0.6) is 0 Å². The van der Waals surface area contributed by atoms with E-state index >= 15 is 0 Å². The molecule has 3 rings (SSSR count). The van der Waals surface area contributed by atoms with Gasteiger partial charge in [0, 0.05) is 18.3 Å². The number of hydrogen-bond donors (Lipinski definition) is 1. The number of ether oxygens (including phenoxy) is 1. The summed E-state index contributed by atoms with van der Waals surface area (Å²) in [5, 5.41) is 10.8. The largest absolute Gasteiger partial charge is 0.417 e. The van der Waals surface area contributed by atoms with E-state index in [-0.39, 0.29) is 12.1 Å². The molecule has 2 unspecified atom stereocenters. The Morgan fingerprint density at radius 3 is 2.38 bits per heavy atom. The molecule has 7 heteroatoms. The highest BCUT2D eigenvalue weighted by Crippen LogP contribution is 2.40. The first-order valence-corrected chi connectivity index (χ1v) is 6.85. The summed E-state index contributed by atoms with van der Waals surface area (Å²) in [5.74, 6) is 0. The summed E-state index contributed by atoms with van der Waals surface area (Å²) in [6.45, 7) is 1.05. The Labute approximate surface area is 120 Å². The maximum atomic E-state index is 12.6. The van der Waals surface area contributed by atoms with Crippen LogP contribution < -0.4 is 0 Å². The van der Waals surface area contributed by atoms with Gasteiger partial charge >= 0.3 is 6.18 Å². The van der Waals surface area contributed by atoms with Crippen LogP contribution in [-0.2, 0) is 16.5 Å². The number of morpholine rings is 1. The van der Waals surface area contributed by atoms with Crippen LogP contribution in [0.2, 0.25) is 0 Å². The number of alkyl halides is 3. The van der Waals surface area contributed by atoms with Crippen molar-refractivity contribution >= 4 is 0 Å². The van der Waals surface area contributed by atoms with E-state index in [4.69, 9.17) is 4.74 Å². The van der Waals surface area contributed by atoms with Gasteiger partial charge in [0.1, 0.15) is 5.60 Å². The van der Waals surface area contributed by atoms with Gasteiger partial charge in [0.2, 0.25) is 0 Å². The number of aliphatic hydroxyl groups is 1. The van der Waals surface area contributed by atoms with Gasteiger partial charge in [-0.3, -0.25) is 9.88 Å². The van der Waals surface area contributed by atoms with Crippen LogP contribution in [0.15, 0.2) is 18.3 Å². The first-order chi connectivity index (χ1) is 9.79. The minimum atomic E-state index is -4.41. The van der Waals surface area contributed by atoms with E-state index in [0.717, 1.165) is 12.3 Å². The smallest absolute Gasteiger partial charge is 0.383 e. The predicted octanol–water partition coefficient (Wildman–Crippen LogP) is 1.78. The molecule has 3 heterocycles. The Bertz CT molecular complexity index is 504. The van der Waals surface area contributed by atoms with Gasteiger partial charge in [0.25, 0.3) is 0 Å². The Kier molecular flexibility index (Phi) is 3.46. The average molecular weight is 302 g/mol. The second-order valence-electron chi connectivity index (χ2n) is 5.88. The maximum Gasteiger partial charge on any atom is 0.417 e. The topological polar surface area (TPSA) is 45.6 Å². The van der Waals surface area contributed by atoms with Gasteiger partial charge < -0.3 is 9.84 Å². The molecule has 2 fully saturated rings. The first kappa shape index (κ1) is 14.7. The van der Waals surface area contributed by atoms with Crippen molar-refractivity contribution in [2.45, 2.75) is 36.7 Å². The van der Waals surface area contributed by atoms with E-state index in [0.29, 0.717) is 31.7 Å². The van der Waals surface area contributed by atoms with Crippen LogP contribution in [0.1, 0.15) is 24.1 Å². The highest BCUT2D eigenvalue weighted by atomic mass is 19.4.